The first kappa shape index (κ1) is 24.7. The maximum Gasteiger partial charge on any atom is 0.411 e. The molecule has 0 aromatic heterocycles. The first-order valence-corrected chi connectivity index (χ1v) is 8.13. The Morgan fingerprint density at radius 3 is 2.64 bits per heavy atom. The summed E-state index contributed by atoms with van der Waals surface area (Å²) in [5.74, 6) is 1.22. The van der Waals surface area contributed by atoms with Gasteiger partial charge >= 0.3 is 6.18 Å². The maximum atomic E-state index is 11.9. The van der Waals surface area contributed by atoms with Crippen molar-refractivity contribution in [3.8, 4) is 0 Å². The standard InChI is InChI=1S/C15H28F3N3O3.HI/c1-19-14(20-5-3-7-24-12-15(16,17)18)21-6-4-13(10-21)11-23-9-8-22-2;/h13H,3-12H2,1-2H3,(H,19,20);1H. The smallest absolute Gasteiger partial charge is 0.382 e. The van der Waals surface area contributed by atoms with Crippen LogP contribution < -0.4 is 5.32 Å². The molecule has 0 radical (unpaired) electrons. The molecule has 0 bridgehead atoms. The van der Waals surface area contributed by atoms with Crippen molar-refractivity contribution < 1.29 is 27.4 Å². The molecule has 0 aliphatic carbocycles. The van der Waals surface area contributed by atoms with Crippen molar-refractivity contribution >= 4 is 29.9 Å². The zero-order valence-electron chi connectivity index (χ0n) is 14.8. The Kier molecular flexibility index (Phi) is 13.6. The molecule has 10 heteroatoms. The van der Waals surface area contributed by atoms with Crippen LogP contribution in [0.25, 0.3) is 0 Å². The van der Waals surface area contributed by atoms with Gasteiger partial charge in [-0.25, -0.2) is 0 Å². The van der Waals surface area contributed by atoms with Crippen molar-refractivity contribution in [3.63, 3.8) is 0 Å². The number of halogens is 4. The molecule has 0 saturated carbocycles. The summed E-state index contributed by atoms with van der Waals surface area (Å²) in [5.41, 5.74) is 0. The molecule has 0 aromatic carbocycles. The number of hydrogen-bond donors (Lipinski definition) is 1. The molecule has 6 nitrogen and oxygen atoms in total. The lowest BCUT2D eigenvalue weighted by Gasteiger charge is -2.21. The van der Waals surface area contributed by atoms with Gasteiger partial charge in [-0.05, 0) is 12.8 Å². The van der Waals surface area contributed by atoms with Gasteiger partial charge in [0.2, 0.25) is 0 Å². The molecular weight excluding hydrogens is 454 g/mol. The van der Waals surface area contributed by atoms with Crippen molar-refractivity contribution in [2.75, 3.05) is 66.8 Å². The summed E-state index contributed by atoms with van der Waals surface area (Å²) in [5, 5.41) is 3.16. The van der Waals surface area contributed by atoms with E-state index in [1.165, 1.54) is 0 Å². The van der Waals surface area contributed by atoms with Crippen LogP contribution in [0.2, 0.25) is 0 Å². The summed E-state index contributed by atoms with van der Waals surface area (Å²) in [6.45, 7) is 3.03. The van der Waals surface area contributed by atoms with Gasteiger partial charge in [-0.15, -0.1) is 24.0 Å². The average molecular weight is 483 g/mol. The Bertz CT molecular complexity index is 374. The van der Waals surface area contributed by atoms with Crippen LogP contribution in [-0.4, -0.2) is 83.9 Å². The van der Waals surface area contributed by atoms with E-state index >= 15 is 0 Å². The van der Waals surface area contributed by atoms with E-state index in [9.17, 15) is 13.2 Å². The number of aliphatic imine (C=N–C) groups is 1. The minimum atomic E-state index is -4.26. The van der Waals surface area contributed by atoms with E-state index in [0.29, 0.717) is 38.7 Å². The van der Waals surface area contributed by atoms with Crippen molar-refractivity contribution in [3.05, 3.63) is 0 Å². The number of ether oxygens (including phenoxy) is 3. The number of nitrogens with one attached hydrogen (secondary N) is 1. The highest BCUT2D eigenvalue weighted by Gasteiger charge is 2.27. The molecule has 1 fully saturated rings. The summed E-state index contributed by atoms with van der Waals surface area (Å²) >= 11 is 0. The lowest BCUT2D eigenvalue weighted by molar-refractivity contribution is -0.173. The van der Waals surface area contributed by atoms with E-state index in [2.05, 4.69) is 19.9 Å². The van der Waals surface area contributed by atoms with Crippen LogP contribution in [0.3, 0.4) is 0 Å². The SMILES string of the molecule is CN=C(NCCCOCC(F)(F)F)N1CCC(COCCOC)C1.I. The van der Waals surface area contributed by atoms with Crippen LogP contribution in [-0.2, 0) is 14.2 Å². The predicted octanol–water partition coefficient (Wildman–Crippen LogP) is 2.13. The molecule has 0 aromatic rings. The van der Waals surface area contributed by atoms with E-state index in [-0.39, 0.29) is 30.6 Å². The molecule has 1 N–H and O–H groups in total. The number of rotatable bonds is 10. The molecule has 1 unspecified atom stereocenters. The van der Waals surface area contributed by atoms with Gasteiger partial charge < -0.3 is 24.4 Å². The lowest BCUT2D eigenvalue weighted by atomic mass is 10.1. The van der Waals surface area contributed by atoms with Crippen LogP contribution >= 0.6 is 24.0 Å². The second-order valence-electron chi connectivity index (χ2n) is 5.66. The number of nitrogens with zero attached hydrogens (tertiary/aromatic N) is 2. The molecule has 0 amide bonds. The Labute approximate surface area is 164 Å². The minimum absolute atomic E-state index is 0. The van der Waals surface area contributed by atoms with Gasteiger partial charge in [0, 0.05) is 46.3 Å². The Morgan fingerprint density at radius 2 is 2.00 bits per heavy atom. The molecule has 1 rings (SSSR count). The fourth-order valence-corrected chi connectivity index (χ4v) is 2.45. The molecule has 0 spiro atoms. The lowest BCUT2D eigenvalue weighted by Crippen LogP contribution is -2.40. The highest BCUT2D eigenvalue weighted by molar-refractivity contribution is 14.0. The largest absolute Gasteiger partial charge is 0.411 e. The van der Waals surface area contributed by atoms with Gasteiger partial charge in [-0.3, -0.25) is 4.99 Å². The maximum absolute atomic E-state index is 11.9. The summed E-state index contributed by atoms with van der Waals surface area (Å²) in [4.78, 5) is 6.36. The van der Waals surface area contributed by atoms with E-state index < -0.39 is 12.8 Å². The number of guanidine groups is 1. The number of methoxy groups -OCH3 is 1. The summed E-state index contributed by atoms with van der Waals surface area (Å²) < 4.78 is 50.9. The summed E-state index contributed by atoms with van der Waals surface area (Å²) in [6, 6.07) is 0. The van der Waals surface area contributed by atoms with Gasteiger partial charge in [0.05, 0.1) is 19.8 Å². The highest BCUT2D eigenvalue weighted by Crippen LogP contribution is 2.16. The molecule has 1 saturated heterocycles. The quantitative estimate of drug-likeness (QED) is 0.224. The monoisotopic (exact) mass is 483 g/mol. The normalized spacial score (nSPS) is 18.4. The van der Waals surface area contributed by atoms with Gasteiger partial charge in [-0.2, -0.15) is 13.2 Å². The predicted molar refractivity (Wildman–Crippen MR) is 101 cm³/mol. The summed E-state index contributed by atoms with van der Waals surface area (Å²) in [7, 11) is 3.34. The zero-order valence-corrected chi connectivity index (χ0v) is 17.1. The number of hydrogen-bond acceptors (Lipinski definition) is 4. The van der Waals surface area contributed by atoms with Crippen molar-refractivity contribution in [1.29, 1.82) is 0 Å². The Hall–Kier alpha value is -0.330. The first-order chi connectivity index (χ1) is 11.5. The van der Waals surface area contributed by atoms with Crippen LogP contribution in [0.15, 0.2) is 4.99 Å². The summed E-state index contributed by atoms with van der Waals surface area (Å²) in [6.07, 6.45) is -2.74. The second kappa shape index (κ2) is 13.8. The van der Waals surface area contributed by atoms with Gasteiger partial charge in [0.25, 0.3) is 0 Å². The molecule has 1 heterocycles. The zero-order chi connectivity index (χ0) is 17.8. The van der Waals surface area contributed by atoms with Crippen LogP contribution in [0.1, 0.15) is 12.8 Å². The Balaban J connectivity index is 0.00000576. The van der Waals surface area contributed by atoms with E-state index in [0.717, 1.165) is 25.5 Å². The van der Waals surface area contributed by atoms with Crippen molar-refractivity contribution in [1.82, 2.24) is 10.2 Å². The topological polar surface area (TPSA) is 55.3 Å². The van der Waals surface area contributed by atoms with Crippen molar-refractivity contribution in [2.24, 2.45) is 10.9 Å². The molecule has 25 heavy (non-hydrogen) atoms. The van der Waals surface area contributed by atoms with Crippen molar-refractivity contribution in [2.45, 2.75) is 19.0 Å². The molecule has 1 aliphatic rings. The third-order valence-electron chi connectivity index (χ3n) is 3.60. The van der Waals surface area contributed by atoms with Gasteiger partial charge in [0.1, 0.15) is 6.61 Å². The number of likely N-dealkylation sites (tertiary alicyclic amines) is 1. The Morgan fingerprint density at radius 1 is 1.24 bits per heavy atom. The third-order valence-corrected chi connectivity index (χ3v) is 3.60. The van der Waals surface area contributed by atoms with Crippen LogP contribution in [0.4, 0.5) is 13.2 Å². The molecule has 1 aliphatic heterocycles. The second-order valence-corrected chi connectivity index (χ2v) is 5.66. The number of alkyl halides is 3. The van der Waals surface area contributed by atoms with Crippen LogP contribution in [0.5, 0.6) is 0 Å². The fraction of sp³-hybridized carbons (Fsp3) is 0.933. The van der Waals surface area contributed by atoms with E-state index in [1.807, 2.05) is 0 Å². The molecule has 150 valence electrons. The molecule has 1 atom stereocenters. The van der Waals surface area contributed by atoms with E-state index in [4.69, 9.17) is 9.47 Å². The van der Waals surface area contributed by atoms with Gasteiger partial charge in [-0.1, -0.05) is 0 Å². The molecular formula is C15H29F3IN3O3. The minimum Gasteiger partial charge on any atom is -0.382 e. The average Bonchev–Trinajstić information content (AvgIpc) is 2.98. The third kappa shape index (κ3) is 11.8. The fourth-order valence-electron chi connectivity index (χ4n) is 2.45. The highest BCUT2D eigenvalue weighted by atomic mass is 127. The first-order valence-electron chi connectivity index (χ1n) is 8.13. The van der Waals surface area contributed by atoms with Crippen LogP contribution in [0, 0.1) is 5.92 Å². The van der Waals surface area contributed by atoms with Gasteiger partial charge in [0.15, 0.2) is 5.96 Å². The van der Waals surface area contributed by atoms with E-state index in [1.54, 1.807) is 14.2 Å².